The molecule has 2 heterocycles. The first-order valence-electron chi connectivity index (χ1n) is 19.3. The van der Waals surface area contributed by atoms with Crippen molar-refractivity contribution in [1.82, 2.24) is 15.7 Å². The van der Waals surface area contributed by atoms with Crippen molar-refractivity contribution in [2.45, 2.75) is 95.0 Å². The fraction of sp³-hybridized carbons (Fsp3) is 0.409. The second kappa shape index (κ2) is 19.6. The van der Waals surface area contributed by atoms with E-state index in [4.69, 9.17) is 26.3 Å². The Morgan fingerprint density at radius 1 is 0.782 bits per heavy atom. The molecule has 2 aliphatic rings. The standard InChI is InChI=1S/C44H52ClN3O7/c45-38-20-18-37(19-21-38)44(52)22-24-48(25-23-44)29-39-27-40(34-12-10-31(30-49)11-13-34)55-43(54-39)35-16-14-33(15-17-35)36-7-5-6-32(26-36)28-46-41(50)8-3-1-2-4-9-42(51)47-53/h5-7,10-21,26,39-40,43,49,52-53H,1-4,8-9,22-25,27-30H2,(H,46,50)(H,47,51)/t39-,40+,43+/m1/s1. The van der Waals surface area contributed by atoms with Crippen molar-refractivity contribution in [2.24, 2.45) is 0 Å². The Morgan fingerprint density at radius 3 is 2.13 bits per heavy atom. The van der Waals surface area contributed by atoms with Gasteiger partial charge in [-0.3, -0.25) is 14.8 Å². The van der Waals surface area contributed by atoms with Gasteiger partial charge in [0, 0.05) is 56.0 Å². The lowest BCUT2D eigenvalue weighted by molar-refractivity contribution is -0.253. The molecular formula is C44H52ClN3O7. The molecule has 2 fully saturated rings. The van der Waals surface area contributed by atoms with E-state index in [2.05, 4.69) is 34.5 Å². The van der Waals surface area contributed by atoms with Gasteiger partial charge in [-0.1, -0.05) is 103 Å². The number of carbonyl (C=O) groups is 2. The van der Waals surface area contributed by atoms with Crippen LogP contribution in [0.25, 0.3) is 11.1 Å². The molecule has 55 heavy (non-hydrogen) atoms. The van der Waals surface area contributed by atoms with Crippen molar-refractivity contribution >= 4 is 23.4 Å². The molecule has 0 unspecified atom stereocenters. The maximum absolute atomic E-state index is 12.5. The van der Waals surface area contributed by atoms with Crippen LogP contribution in [0.1, 0.15) is 98.0 Å². The van der Waals surface area contributed by atoms with Gasteiger partial charge in [-0.15, -0.1) is 0 Å². The molecule has 0 spiro atoms. The maximum atomic E-state index is 12.5. The number of aliphatic hydroxyl groups excluding tert-OH is 1. The molecule has 4 aromatic rings. The lowest BCUT2D eigenvalue weighted by atomic mass is 9.84. The van der Waals surface area contributed by atoms with E-state index >= 15 is 0 Å². The number of ether oxygens (including phenoxy) is 2. The summed E-state index contributed by atoms with van der Waals surface area (Å²) in [4.78, 5) is 25.9. The van der Waals surface area contributed by atoms with Gasteiger partial charge in [0.1, 0.15) is 0 Å². The first kappa shape index (κ1) is 40.5. The van der Waals surface area contributed by atoms with Crippen LogP contribution in [0.5, 0.6) is 0 Å². The number of hydrogen-bond acceptors (Lipinski definition) is 8. The van der Waals surface area contributed by atoms with E-state index < -0.39 is 11.9 Å². The van der Waals surface area contributed by atoms with Gasteiger partial charge in [0.15, 0.2) is 6.29 Å². The highest BCUT2D eigenvalue weighted by Crippen LogP contribution is 2.40. The number of aliphatic hydroxyl groups is 2. The Kier molecular flexibility index (Phi) is 14.5. The summed E-state index contributed by atoms with van der Waals surface area (Å²) in [5.74, 6) is -0.388. The minimum Gasteiger partial charge on any atom is -0.392 e. The van der Waals surface area contributed by atoms with Crippen LogP contribution in [0.15, 0.2) is 97.1 Å². The van der Waals surface area contributed by atoms with Crippen LogP contribution in [0, 0.1) is 0 Å². The normalized spacial score (nSPS) is 19.8. The number of carbonyl (C=O) groups excluding carboxylic acids is 2. The Hall–Kier alpha value is -4.13. The molecule has 5 N–H and O–H groups in total. The van der Waals surface area contributed by atoms with Gasteiger partial charge < -0.3 is 29.9 Å². The molecule has 2 amide bonds. The molecule has 3 atom stereocenters. The highest BCUT2D eigenvalue weighted by atomic mass is 35.5. The highest BCUT2D eigenvalue weighted by Gasteiger charge is 2.37. The van der Waals surface area contributed by atoms with Crippen molar-refractivity contribution in [1.29, 1.82) is 0 Å². The number of nitrogens with zero attached hydrogens (tertiary/aromatic N) is 1. The Balaban J connectivity index is 1.06. The third kappa shape index (κ3) is 11.5. The van der Waals surface area contributed by atoms with Crippen LogP contribution in [-0.2, 0) is 37.8 Å². The molecule has 2 saturated heterocycles. The summed E-state index contributed by atoms with van der Waals surface area (Å²) in [5, 5.41) is 33.3. The number of likely N-dealkylation sites (tertiary alicyclic amines) is 1. The van der Waals surface area contributed by atoms with E-state index in [-0.39, 0.29) is 37.0 Å². The Bertz CT molecular complexity index is 1830. The predicted octanol–water partition coefficient (Wildman–Crippen LogP) is 7.49. The predicted molar refractivity (Wildman–Crippen MR) is 211 cm³/mol. The SMILES string of the molecule is O=C(CCCCCCC(=O)NCc1cccc(-c2ccc([C@H]3O[C@@H](CN4CCC(O)(c5ccc(Cl)cc5)CC4)C[C@@H](c4ccc(CO)cc4)O3)cc2)c1)NO. The fourth-order valence-electron chi connectivity index (χ4n) is 7.44. The van der Waals surface area contributed by atoms with Crippen LogP contribution >= 0.6 is 11.6 Å². The summed E-state index contributed by atoms with van der Waals surface area (Å²) >= 11 is 6.10. The molecule has 0 bridgehead atoms. The lowest BCUT2D eigenvalue weighted by Gasteiger charge is -2.42. The third-order valence-electron chi connectivity index (χ3n) is 10.8. The van der Waals surface area contributed by atoms with Crippen LogP contribution in [0.3, 0.4) is 0 Å². The number of rotatable bonds is 16. The summed E-state index contributed by atoms with van der Waals surface area (Å²) in [5.41, 5.74) is 7.55. The summed E-state index contributed by atoms with van der Waals surface area (Å²) in [6.45, 7) is 2.62. The fourth-order valence-corrected chi connectivity index (χ4v) is 7.56. The molecule has 2 aliphatic heterocycles. The van der Waals surface area contributed by atoms with Crippen molar-refractivity contribution in [3.8, 4) is 11.1 Å². The van der Waals surface area contributed by atoms with Gasteiger partial charge in [-0.05, 0) is 77.3 Å². The number of nitrogens with one attached hydrogen (secondary N) is 2. The molecule has 11 heteroatoms. The number of benzene rings is 4. The zero-order chi connectivity index (χ0) is 38.6. The quantitative estimate of drug-likeness (QED) is 0.0449. The van der Waals surface area contributed by atoms with E-state index in [0.29, 0.717) is 50.2 Å². The minimum absolute atomic E-state index is 0.00368. The van der Waals surface area contributed by atoms with E-state index in [1.54, 1.807) is 5.48 Å². The van der Waals surface area contributed by atoms with Crippen LogP contribution in [-0.4, -0.2) is 57.9 Å². The second-order valence-electron chi connectivity index (χ2n) is 14.7. The van der Waals surface area contributed by atoms with Gasteiger partial charge in [0.2, 0.25) is 11.8 Å². The molecule has 4 aromatic carbocycles. The first-order valence-corrected chi connectivity index (χ1v) is 19.7. The van der Waals surface area contributed by atoms with Gasteiger partial charge >= 0.3 is 0 Å². The number of amides is 2. The zero-order valence-corrected chi connectivity index (χ0v) is 31.9. The second-order valence-corrected chi connectivity index (χ2v) is 15.2. The van der Waals surface area contributed by atoms with Gasteiger partial charge in [-0.2, -0.15) is 0 Å². The largest absolute Gasteiger partial charge is 0.392 e. The van der Waals surface area contributed by atoms with Crippen molar-refractivity contribution < 1.29 is 34.5 Å². The van der Waals surface area contributed by atoms with Gasteiger partial charge in [0.05, 0.1) is 24.4 Å². The molecular weight excluding hydrogens is 718 g/mol. The van der Waals surface area contributed by atoms with E-state index in [1.165, 1.54) is 0 Å². The first-order chi connectivity index (χ1) is 26.7. The van der Waals surface area contributed by atoms with Crippen molar-refractivity contribution in [3.63, 3.8) is 0 Å². The summed E-state index contributed by atoms with van der Waals surface area (Å²) in [6.07, 6.45) is 4.88. The summed E-state index contributed by atoms with van der Waals surface area (Å²) < 4.78 is 13.3. The number of hydroxylamine groups is 1. The maximum Gasteiger partial charge on any atom is 0.243 e. The minimum atomic E-state index is -0.878. The molecule has 0 radical (unpaired) electrons. The molecule has 0 aliphatic carbocycles. The van der Waals surface area contributed by atoms with Crippen LogP contribution < -0.4 is 10.8 Å². The number of halogens is 1. The molecule has 0 saturated carbocycles. The van der Waals surface area contributed by atoms with E-state index in [9.17, 15) is 19.8 Å². The van der Waals surface area contributed by atoms with Gasteiger partial charge in [-0.25, -0.2) is 5.48 Å². The third-order valence-corrected chi connectivity index (χ3v) is 11.0. The van der Waals surface area contributed by atoms with E-state index in [1.807, 2.05) is 72.8 Å². The van der Waals surface area contributed by atoms with Crippen molar-refractivity contribution in [2.75, 3.05) is 19.6 Å². The van der Waals surface area contributed by atoms with Crippen LogP contribution in [0.4, 0.5) is 0 Å². The molecule has 0 aromatic heterocycles. The smallest absolute Gasteiger partial charge is 0.243 e. The summed E-state index contributed by atoms with van der Waals surface area (Å²) in [6, 6.07) is 31.8. The Labute approximate surface area is 328 Å². The van der Waals surface area contributed by atoms with Crippen LogP contribution in [0.2, 0.25) is 5.02 Å². The monoisotopic (exact) mass is 769 g/mol. The van der Waals surface area contributed by atoms with E-state index in [0.717, 1.165) is 71.3 Å². The summed E-state index contributed by atoms with van der Waals surface area (Å²) in [7, 11) is 0. The zero-order valence-electron chi connectivity index (χ0n) is 31.2. The van der Waals surface area contributed by atoms with Gasteiger partial charge in [0.25, 0.3) is 0 Å². The highest BCUT2D eigenvalue weighted by molar-refractivity contribution is 6.30. The average molecular weight is 770 g/mol. The number of hydrogen-bond donors (Lipinski definition) is 5. The topological polar surface area (TPSA) is 141 Å². The lowest BCUT2D eigenvalue weighted by Crippen LogP contribution is -2.46. The molecule has 292 valence electrons. The number of piperidine rings is 1. The molecule has 6 rings (SSSR count). The molecule has 10 nitrogen and oxygen atoms in total. The number of unbranched alkanes of at least 4 members (excludes halogenated alkanes) is 3. The Morgan fingerprint density at radius 2 is 1.45 bits per heavy atom. The average Bonchev–Trinajstić information content (AvgIpc) is 3.22. The van der Waals surface area contributed by atoms with Crippen molar-refractivity contribution in [3.05, 3.63) is 130 Å².